The van der Waals surface area contributed by atoms with Crippen molar-refractivity contribution in [1.82, 2.24) is 9.97 Å². The molecule has 0 atom stereocenters. The van der Waals surface area contributed by atoms with Crippen LogP contribution in [0.3, 0.4) is 0 Å². The summed E-state index contributed by atoms with van der Waals surface area (Å²) in [6.07, 6.45) is 8.31. The van der Waals surface area contributed by atoms with E-state index in [0.29, 0.717) is 5.92 Å². The summed E-state index contributed by atoms with van der Waals surface area (Å²) >= 11 is 0. The monoisotopic (exact) mass is 205 g/mol. The fraction of sp³-hybridized carbons (Fsp3) is 0.667. The summed E-state index contributed by atoms with van der Waals surface area (Å²) in [5.41, 5.74) is 7.37. The van der Waals surface area contributed by atoms with Crippen molar-refractivity contribution in [1.29, 1.82) is 0 Å². The van der Waals surface area contributed by atoms with E-state index in [1.165, 1.54) is 18.4 Å². The van der Waals surface area contributed by atoms with Crippen molar-refractivity contribution in [2.24, 2.45) is 5.73 Å². The molecule has 1 aromatic heterocycles. The minimum absolute atomic E-state index is 0.136. The van der Waals surface area contributed by atoms with Gasteiger partial charge in [-0.05, 0) is 31.2 Å². The summed E-state index contributed by atoms with van der Waals surface area (Å²) in [5, 5.41) is 0. The Kier molecular flexibility index (Phi) is 2.74. The molecule has 2 rings (SSSR count). The van der Waals surface area contributed by atoms with Crippen molar-refractivity contribution >= 4 is 0 Å². The van der Waals surface area contributed by atoms with E-state index in [1.807, 2.05) is 12.4 Å². The zero-order valence-corrected chi connectivity index (χ0v) is 9.53. The molecule has 0 unspecified atom stereocenters. The Bertz CT molecular complexity index is 325. The second-order valence-corrected chi connectivity index (χ2v) is 4.97. The second-order valence-electron chi connectivity index (χ2n) is 4.97. The molecule has 82 valence electrons. The van der Waals surface area contributed by atoms with E-state index in [4.69, 9.17) is 5.73 Å². The number of hydrogen-bond acceptors (Lipinski definition) is 3. The first kappa shape index (κ1) is 10.6. The molecule has 1 aromatic rings. The van der Waals surface area contributed by atoms with Crippen molar-refractivity contribution < 1.29 is 0 Å². The topological polar surface area (TPSA) is 51.8 Å². The quantitative estimate of drug-likeness (QED) is 0.818. The average molecular weight is 205 g/mol. The van der Waals surface area contributed by atoms with Crippen molar-refractivity contribution in [2.75, 3.05) is 0 Å². The summed E-state index contributed by atoms with van der Waals surface area (Å²) in [6.45, 7) is 4.21. The van der Waals surface area contributed by atoms with Crippen LogP contribution in [-0.4, -0.2) is 15.5 Å². The van der Waals surface area contributed by atoms with Crippen LogP contribution in [0.25, 0.3) is 0 Å². The molecule has 0 bridgehead atoms. The van der Waals surface area contributed by atoms with Crippen LogP contribution in [0.1, 0.15) is 50.4 Å². The van der Waals surface area contributed by atoms with Gasteiger partial charge < -0.3 is 5.73 Å². The van der Waals surface area contributed by atoms with E-state index in [0.717, 1.165) is 18.7 Å². The molecule has 0 amide bonds. The number of aromatic nitrogens is 2. The van der Waals surface area contributed by atoms with Gasteiger partial charge in [-0.2, -0.15) is 0 Å². The van der Waals surface area contributed by atoms with Gasteiger partial charge in [0.2, 0.25) is 0 Å². The van der Waals surface area contributed by atoms with E-state index in [-0.39, 0.29) is 5.54 Å². The van der Waals surface area contributed by atoms with E-state index in [9.17, 15) is 0 Å². The lowest BCUT2D eigenvalue weighted by Crippen LogP contribution is -2.22. The molecule has 3 nitrogen and oxygen atoms in total. The maximum absolute atomic E-state index is 6.03. The summed E-state index contributed by atoms with van der Waals surface area (Å²) in [4.78, 5) is 8.69. The molecule has 1 aliphatic carbocycles. The van der Waals surface area contributed by atoms with Crippen LogP contribution in [0.2, 0.25) is 0 Å². The summed E-state index contributed by atoms with van der Waals surface area (Å²) in [5.74, 6) is 1.33. The van der Waals surface area contributed by atoms with Crippen molar-refractivity contribution in [3.8, 4) is 0 Å². The highest BCUT2D eigenvalue weighted by molar-refractivity contribution is 5.10. The van der Waals surface area contributed by atoms with Gasteiger partial charge in [0.25, 0.3) is 0 Å². The Hall–Kier alpha value is -0.960. The highest BCUT2D eigenvalue weighted by Crippen LogP contribution is 2.36. The van der Waals surface area contributed by atoms with Gasteiger partial charge in [0.05, 0.1) is 0 Å². The number of aryl methyl sites for hydroxylation is 1. The first-order valence-corrected chi connectivity index (χ1v) is 5.69. The molecular weight excluding hydrogens is 186 g/mol. The van der Waals surface area contributed by atoms with Crippen LogP contribution in [0, 0.1) is 0 Å². The first-order chi connectivity index (χ1) is 7.09. The van der Waals surface area contributed by atoms with Crippen molar-refractivity contribution in [3.05, 3.63) is 23.8 Å². The molecule has 0 radical (unpaired) electrons. The molecule has 1 heterocycles. The Morgan fingerprint density at radius 1 is 1.33 bits per heavy atom. The van der Waals surface area contributed by atoms with Crippen LogP contribution in [0.15, 0.2) is 12.4 Å². The summed E-state index contributed by atoms with van der Waals surface area (Å²) in [7, 11) is 0. The minimum atomic E-state index is 0.136. The van der Waals surface area contributed by atoms with Gasteiger partial charge in [0, 0.05) is 23.9 Å². The number of nitrogens with two attached hydrogens (primary N) is 1. The van der Waals surface area contributed by atoms with Crippen LogP contribution in [0.4, 0.5) is 0 Å². The molecule has 0 aliphatic heterocycles. The lowest BCUT2D eigenvalue weighted by molar-refractivity contribution is 0.606. The largest absolute Gasteiger partial charge is 0.325 e. The van der Waals surface area contributed by atoms with E-state index >= 15 is 0 Å². The van der Waals surface area contributed by atoms with E-state index < -0.39 is 0 Å². The second kappa shape index (κ2) is 3.89. The van der Waals surface area contributed by atoms with Gasteiger partial charge in [-0.25, -0.2) is 9.97 Å². The fourth-order valence-corrected chi connectivity index (χ4v) is 1.60. The fourth-order valence-electron chi connectivity index (χ4n) is 1.60. The maximum atomic E-state index is 6.03. The SMILES string of the molecule is CC(C)c1ncc(CCC2(N)CC2)cn1. The van der Waals surface area contributed by atoms with Gasteiger partial charge in [-0.15, -0.1) is 0 Å². The predicted molar refractivity (Wildman–Crippen MR) is 60.6 cm³/mol. The lowest BCUT2D eigenvalue weighted by Gasteiger charge is -2.08. The minimum Gasteiger partial charge on any atom is -0.325 e. The van der Waals surface area contributed by atoms with E-state index in [1.54, 1.807) is 0 Å². The summed E-state index contributed by atoms with van der Waals surface area (Å²) < 4.78 is 0. The number of hydrogen-bond donors (Lipinski definition) is 1. The van der Waals surface area contributed by atoms with Gasteiger partial charge in [0.1, 0.15) is 5.82 Å². The molecule has 3 heteroatoms. The molecule has 15 heavy (non-hydrogen) atoms. The molecule has 0 aromatic carbocycles. The highest BCUT2D eigenvalue weighted by Gasteiger charge is 2.37. The molecule has 0 saturated heterocycles. The molecule has 1 aliphatic rings. The lowest BCUT2D eigenvalue weighted by atomic mass is 10.1. The zero-order valence-electron chi connectivity index (χ0n) is 9.53. The third kappa shape index (κ3) is 2.75. The normalized spacial score (nSPS) is 18.1. The molecule has 2 N–H and O–H groups in total. The van der Waals surface area contributed by atoms with Crippen LogP contribution < -0.4 is 5.73 Å². The number of nitrogens with zero attached hydrogens (tertiary/aromatic N) is 2. The molecule has 0 spiro atoms. The smallest absolute Gasteiger partial charge is 0.130 e. The molecular formula is C12H19N3. The summed E-state index contributed by atoms with van der Waals surface area (Å²) in [6, 6.07) is 0. The van der Waals surface area contributed by atoms with Crippen LogP contribution in [-0.2, 0) is 6.42 Å². The first-order valence-electron chi connectivity index (χ1n) is 5.69. The van der Waals surface area contributed by atoms with Crippen LogP contribution in [0.5, 0.6) is 0 Å². The number of rotatable bonds is 4. The van der Waals surface area contributed by atoms with E-state index in [2.05, 4.69) is 23.8 Å². The Balaban J connectivity index is 1.92. The van der Waals surface area contributed by atoms with Gasteiger partial charge >= 0.3 is 0 Å². The van der Waals surface area contributed by atoms with Gasteiger partial charge in [-0.1, -0.05) is 13.8 Å². The third-order valence-electron chi connectivity index (χ3n) is 3.05. The average Bonchev–Trinajstić information content (AvgIpc) is 2.95. The maximum Gasteiger partial charge on any atom is 0.130 e. The highest BCUT2D eigenvalue weighted by atomic mass is 14.9. The Morgan fingerprint density at radius 2 is 1.93 bits per heavy atom. The molecule has 1 saturated carbocycles. The van der Waals surface area contributed by atoms with Gasteiger partial charge in [-0.3, -0.25) is 0 Å². The van der Waals surface area contributed by atoms with Crippen molar-refractivity contribution in [2.45, 2.75) is 51.0 Å². The zero-order chi connectivity index (χ0) is 10.9. The predicted octanol–water partition coefficient (Wildman–Crippen LogP) is 2.02. The van der Waals surface area contributed by atoms with Crippen molar-refractivity contribution in [3.63, 3.8) is 0 Å². The Labute approximate surface area is 91.1 Å². The Morgan fingerprint density at radius 3 is 2.40 bits per heavy atom. The van der Waals surface area contributed by atoms with Gasteiger partial charge in [0.15, 0.2) is 0 Å². The molecule has 1 fully saturated rings. The standard InChI is InChI=1S/C12H19N3/c1-9(2)11-14-7-10(8-15-11)3-4-12(13)5-6-12/h7-9H,3-6,13H2,1-2H3. The van der Waals surface area contributed by atoms with Crippen LogP contribution >= 0.6 is 0 Å². The third-order valence-corrected chi connectivity index (χ3v) is 3.05.